The Bertz CT molecular complexity index is 866. The molecule has 31 heavy (non-hydrogen) atoms. The van der Waals surface area contributed by atoms with Gasteiger partial charge in [0.1, 0.15) is 0 Å². The van der Waals surface area contributed by atoms with Crippen molar-refractivity contribution in [1.29, 1.82) is 0 Å². The Morgan fingerprint density at radius 2 is 1.81 bits per heavy atom. The number of nitrogens with zero attached hydrogens (tertiary/aromatic N) is 1. The lowest BCUT2D eigenvalue weighted by Crippen LogP contribution is -2.51. The van der Waals surface area contributed by atoms with Crippen LogP contribution in [0.15, 0.2) is 48.5 Å². The zero-order valence-corrected chi connectivity index (χ0v) is 19.4. The molecule has 1 amide bonds. The molecule has 0 unspecified atom stereocenters. The van der Waals surface area contributed by atoms with Gasteiger partial charge in [0, 0.05) is 18.5 Å². The van der Waals surface area contributed by atoms with Crippen LogP contribution in [0.4, 0.5) is 0 Å². The molecule has 0 aliphatic rings. The predicted octanol–water partition coefficient (Wildman–Crippen LogP) is 4.34. The first-order chi connectivity index (χ1) is 14.9. The molecule has 4 nitrogen and oxygen atoms in total. The lowest BCUT2D eigenvalue weighted by Gasteiger charge is -2.36. The minimum absolute atomic E-state index is 0.00147. The van der Waals surface area contributed by atoms with E-state index in [2.05, 4.69) is 92.4 Å². The van der Waals surface area contributed by atoms with Gasteiger partial charge in [-0.2, -0.15) is 0 Å². The van der Waals surface area contributed by atoms with Crippen LogP contribution in [0.2, 0.25) is 0 Å². The lowest BCUT2D eigenvalue weighted by molar-refractivity contribution is -0.122. The van der Waals surface area contributed by atoms with Crippen LogP contribution in [0.5, 0.6) is 0 Å². The van der Waals surface area contributed by atoms with Crippen molar-refractivity contribution in [2.24, 2.45) is 0 Å². The molecule has 4 heteroatoms. The van der Waals surface area contributed by atoms with E-state index >= 15 is 0 Å². The van der Waals surface area contributed by atoms with Crippen molar-refractivity contribution >= 4 is 5.91 Å². The maximum Gasteiger partial charge on any atom is 0.222 e. The second-order valence-corrected chi connectivity index (χ2v) is 8.53. The van der Waals surface area contributed by atoms with Crippen LogP contribution < -0.4 is 5.32 Å². The number of terminal acetylenes is 1. The fourth-order valence-electron chi connectivity index (χ4n) is 3.52. The topological polar surface area (TPSA) is 41.6 Å². The number of benzene rings is 2. The van der Waals surface area contributed by atoms with Gasteiger partial charge in [0.05, 0.1) is 19.8 Å². The van der Waals surface area contributed by atoms with Crippen LogP contribution in [-0.4, -0.2) is 42.6 Å². The number of hydrogen-bond donors (Lipinski definition) is 1. The molecule has 0 aliphatic carbocycles. The zero-order chi connectivity index (χ0) is 22.7. The monoisotopic (exact) mass is 420 g/mol. The summed E-state index contributed by atoms with van der Waals surface area (Å²) in [6.07, 6.45) is 6.72. The summed E-state index contributed by atoms with van der Waals surface area (Å²) in [5, 5.41) is 3.00. The third-order valence-electron chi connectivity index (χ3n) is 5.66. The first kappa shape index (κ1) is 24.7. The highest BCUT2D eigenvalue weighted by Gasteiger charge is 2.25. The summed E-state index contributed by atoms with van der Waals surface area (Å²) in [7, 11) is 0. The van der Waals surface area contributed by atoms with E-state index in [0.717, 1.165) is 18.5 Å². The Morgan fingerprint density at radius 1 is 1.13 bits per heavy atom. The van der Waals surface area contributed by atoms with Gasteiger partial charge in [0.25, 0.3) is 0 Å². The van der Waals surface area contributed by atoms with E-state index < -0.39 is 0 Å². The van der Waals surface area contributed by atoms with Gasteiger partial charge in [0.15, 0.2) is 0 Å². The van der Waals surface area contributed by atoms with Crippen molar-refractivity contribution in [3.8, 4) is 12.3 Å². The summed E-state index contributed by atoms with van der Waals surface area (Å²) < 4.78 is 5.71. The summed E-state index contributed by atoms with van der Waals surface area (Å²) in [4.78, 5) is 14.3. The number of carbonyl (C=O) groups excluding carboxylic acids is 1. The molecule has 2 aromatic rings. The van der Waals surface area contributed by atoms with Gasteiger partial charge in [-0.05, 0) is 56.0 Å². The minimum atomic E-state index is -0.183. The van der Waals surface area contributed by atoms with Gasteiger partial charge in [-0.3, -0.25) is 9.69 Å². The smallest absolute Gasteiger partial charge is 0.222 e. The normalized spacial score (nSPS) is 11.4. The maximum absolute atomic E-state index is 12.2. The molecule has 0 saturated heterocycles. The molecular weight excluding hydrogens is 384 g/mol. The Hall–Kier alpha value is -2.61. The fourth-order valence-corrected chi connectivity index (χ4v) is 3.52. The van der Waals surface area contributed by atoms with E-state index in [0.29, 0.717) is 32.7 Å². The fraction of sp³-hybridized carbons (Fsp3) is 0.444. The van der Waals surface area contributed by atoms with Crippen LogP contribution in [0, 0.1) is 19.3 Å². The average molecular weight is 421 g/mol. The summed E-state index contributed by atoms with van der Waals surface area (Å²) in [5.74, 6) is 2.68. The molecular formula is C27H36N2O2. The number of nitrogens with one attached hydrogen (secondary N) is 1. The molecule has 0 bridgehead atoms. The van der Waals surface area contributed by atoms with Crippen LogP contribution in [0.1, 0.15) is 49.4 Å². The van der Waals surface area contributed by atoms with Crippen molar-refractivity contribution in [3.63, 3.8) is 0 Å². The molecule has 0 aliphatic heterocycles. The van der Waals surface area contributed by atoms with Crippen LogP contribution in [-0.2, 0) is 22.6 Å². The van der Waals surface area contributed by atoms with E-state index in [1.54, 1.807) is 0 Å². The largest absolute Gasteiger partial charge is 0.376 e. The molecule has 1 N–H and O–H groups in total. The minimum Gasteiger partial charge on any atom is -0.376 e. The molecule has 0 aromatic heterocycles. The molecule has 0 heterocycles. The van der Waals surface area contributed by atoms with Gasteiger partial charge >= 0.3 is 0 Å². The van der Waals surface area contributed by atoms with E-state index in [-0.39, 0.29) is 11.4 Å². The summed E-state index contributed by atoms with van der Waals surface area (Å²) in [6, 6.07) is 17.0. The number of amides is 1. The SMILES string of the molecule is C#CCN(CC)C(C)(C)CNC(=O)CCOCc1ccc(Cc2ccccc2C)cc1. The molecule has 166 valence electrons. The second kappa shape index (κ2) is 12.3. The van der Waals surface area contributed by atoms with E-state index in [9.17, 15) is 4.79 Å². The molecule has 2 rings (SSSR count). The molecule has 0 spiro atoms. The van der Waals surface area contributed by atoms with Crippen LogP contribution in [0.25, 0.3) is 0 Å². The number of ether oxygens (including phenoxy) is 1. The van der Waals surface area contributed by atoms with Gasteiger partial charge in [-0.25, -0.2) is 0 Å². The third kappa shape index (κ3) is 8.20. The predicted molar refractivity (Wildman–Crippen MR) is 128 cm³/mol. The van der Waals surface area contributed by atoms with Crippen molar-refractivity contribution in [2.75, 3.05) is 26.2 Å². The van der Waals surface area contributed by atoms with Crippen molar-refractivity contribution in [2.45, 2.75) is 52.7 Å². The summed E-state index contributed by atoms with van der Waals surface area (Å²) in [6.45, 7) is 11.3. The third-order valence-corrected chi connectivity index (χ3v) is 5.66. The summed E-state index contributed by atoms with van der Waals surface area (Å²) in [5.41, 5.74) is 4.88. The van der Waals surface area contributed by atoms with Gasteiger partial charge in [0.2, 0.25) is 5.91 Å². The number of rotatable bonds is 12. The van der Waals surface area contributed by atoms with Gasteiger partial charge < -0.3 is 10.1 Å². The van der Waals surface area contributed by atoms with E-state index in [4.69, 9.17) is 11.2 Å². The lowest BCUT2D eigenvalue weighted by atomic mass is 10.00. The molecule has 0 fully saturated rings. The molecule has 0 radical (unpaired) electrons. The van der Waals surface area contributed by atoms with E-state index in [1.807, 2.05) is 0 Å². The first-order valence-corrected chi connectivity index (χ1v) is 11.0. The van der Waals surface area contributed by atoms with Gasteiger partial charge in [-0.1, -0.05) is 61.4 Å². The number of carbonyl (C=O) groups is 1. The maximum atomic E-state index is 12.2. The quantitative estimate of drug-likeness (QED) is 0.410. The zero-order valence-electron chi connectivity index (χ0n) is 19.4. The molecule has 0 atom stereocenters. The Labute approximate surface area is 188 Å². The van der Waals surface area contributed by atoms with Crippen molar-refractivity contribution in [1.82, 2.24) is 10.2 Å². The highest BCUT2D eigenvalue weighted by Crippen LogP contribution is 2.15. The van der Waals surface area contributed by atoms with Crippen molar-refractivity contribution in [3.05, 3.63) is 70.8 Å². The molecule has 0 saturated carbocycles. The Morgan fingerprint density at radius 3 is 2.45 bits per heavy atom. The second-order valence-electron chi connectivity index (χ2n) is 8.53. The Balaban J connectivity index is 1.69. The van der Waals surface area contributed by atoms with Gasteiger partial charge in [-0.15, -0.1) is 6.42 Å². The highest BCUT2D eigenvalue weighted by molar-refractivity contribution is 5.76. The summed E-state index contributed by atoms with van der Waals surface area (Å²) >= 11 is 0. The van der Waals surface area contributed by atoms with Crippen molar-refractivity contribution < 1.29 is 9.53 Å². The van der Waals surface area contributed by atoms with Crippen LogP contribution >= 0.6 is 0 Å². The average Bonchev–Trinajstić information content (AvgIpc) is 2.76. The standard InChI is InChI=1S/C27H36N2O2/c1-6-17-29(7-2)27(4,5)21-28-26(30)16-18-31-20-24-14-12-23(13-15-24)19-25-11-9-8-10-22(25)3/h1,8-15H,7,16-21H2,2-5H3,(H,28,30). The Kier molecular flexibility index (Phi) is 9.78. The molecule has 2 aromatic carbocycles. The van der Waals surface area contributed by atoms with Crippen LogP contribution in [0.3, 0.4) is 0 Å². The number of hydrogen-bond acceptors (Lipinski definition) is 3. The first-order valence-electron chi connectivity index (χ1n) is 11.0. The number of aryl methyl sites for hydroxylation is 1. The highest BCUT2D eigenvalue weighted by atomic mass is 16.5. The number of likely N-dealkylation sites (N-methyl/N-ethyl adjacent to an activating group) is 1. The van der Waals surface area contributed by atoms with E-state index in [1.165, 1.54) is 16.7 Å².